The molecule has 0 fully saturated rings. The van der Waals surface area contributed by atoms with E-state index in [4.69, 9.17) is 0 Å². The molecule has 12 heavy (non-hydrogen) atoms. The van der Waals surface area contributed by atoms with Gasteiger partial charge in [-0.2, -0.15) is 0 Å². The molecule has 0 saturated carbocycles. The zero-order chi connectivity index (χ0) is 8.81. The maximum absolute atomic E-state index is 10.1. The fourth-order valence-corrected chi connectivity index (χ4v) is 1.40. The number of amides is 1. The number of halogens is 1. The molecule has 0 heterocycles. The molecule has 3 heteroatoms. The van der Waals surface area contributed by atoms with Gasteiger partial charge in [0.2, 0.25) is 6.41 Å². The predicted octanol–water partition coefficient (Wildman–Crippen LogP) is 2.19. The van der Waals surface area contributed by atoms with E-state index in [0.717, 1.165) is 17.4 Å². The molecular weight excluding hydrogens is 218 g/mol. The summed E-state index contributed by atoms with van der Waals surface area (Å²) in [7, 11) is 0. The monoisotopic (exact) mass is 227 g/mol. The number of alkyl halides is 1. The molecule has 0 spiro atoms. The van der Waals surface area contributed by atoms with Crippen molar-refractivity contribution < 1.29 is 4.79 Å². The van der Waals surface area contributed by atoms with Crippen LogP contribution in [0.5, 0.6) is 0 Å². The van der Waals surface area contributed by atoms with Gasteiger partial charge in [-0.05, 0) is 24.1 Å². The first-order chi connectivity index (χ1) is 5.86. The van der Waals surface area contributed by atoms with Crippen LogP contribution in [0, 0.1) is 0 Å². The summed E-state index contributed by atoms with van der Waals surface area (Å²) in [5.74, 6) is 0. The molecule has 0 bridgehead atoms. The van der Waals surface area contributed by atoms with E-state index in [1.807, 2.05) is 24.3 Å². The van der Waals surface area contributed by atoms with Crippen LogP contribution in [0.3, 0.4) is 0 Å². The first-order valence-corrected chi connectivity index (χ1v) is 4.84. The third-order valence-corrected chi connectivity index (χ3v) is 1.96. The van der Waals surface area contributed by atoms with Gasteiger partial charge >= 0.3 is 0 Å². The molecule has 0 saturated heterocycles. The molecule has 0 aliphatic heterocycles. The molecule has 0 unspecified atom stereocenters. The second-order valence-electron chi connectivity index (χ2n) is 2.40. The topological polar surface area (TPSA) is 29.1 Å². The maximum atomic E-state index is 10.1. The lowest BCUT2D eigenvalue weighted by molar-refractivity contribution is -0.105. The van der Waals surface area contributed by atoms with E-state index in [2.05, 4.69) is 21.2 Å². The van der Waals surface area contributed by atoms with Crippen molar-refractivity contribution in [3.63, 3.8) is 0 Å². The lowest BCUT2D eigenvalue weighted by atomic mass is 10.1. The van der Waals surface area contributed by atoms with Gasteiger partial charge in [0.1, 0.15) is 0 Å². The molecule has 0 aliphatic carbocycles. The highest BCUT2D eigenvalue weighted by molar-refractivity contribution is 9.09. The third kappa shape index (κ3) is 2.66. The Morgan fingerprint density at radius 1 is 1.33 bits per heavy atom. The number of anilines is 1. The van der Waals surface area contributed by atoms with Crippen LogP contribution in [0.2, 0.25) is 0 Å². The molecule has 0 aliphatic rings. The van der Waals surface area contributed by atoms with Crippen molar-refractivity contribution >= 4 is 28.0 Å². The average Bonchev–Trinajstić information content (AvgIpc) is 2.09. The minimum absolute atomic E-state index is 0.680. The van der Waals surface area contributed by atoms with Crippen molar-refractivity contribution in [3.8, 4) is 0 Å². The van der Waals surface area contributed by atoms with Crippen molar-refractivity contribution in [3.05, 3.63) is 29.8 Å². The summed E-state index contributed by atoms with van der Waals surface area (Å²) in [6.07, 6.45) is 1.70. The Bertz CT molecular complexity index is 245. The quantitative estimate of drug-likeness (QED) is 0.621. The Morgan fingerprint density at radius 3 is 2.50 bits per heavy atom. The first kappa shape index (κ1) is 9.26. The zero-order valence-corrected chi connectivity index (χ0v) is 8.17. The molecule has 1 amide bonds. The Balaban J connectivity index is 2.64. The van der Waals surface area contributed by atoms with E-state index >= 15 is 0 Å². The number of hydrogen-bond donors (Lipinski definition) is 1. The van der Waals surface area contributed by atoms with Crippen LogP contribution in [0.1, 0.15) is 5.56 Å². The van der Waals surface area contributed by atoms with E-state index in [9.17, 15) is 4.79 Å². The van der Waals surface area contributed by atoms with Gasteiger partial charge in [0.05, 0.1) is 0 Å². The molecule has 1 aromatic carbocycles. The van der Waals surface area contributed by atoms with Crippen LogP contribution in [0.15, 0.2) is 24.3 Å². The average molecular weight is 228 g/mol. The number of nitrogens with one attached hydrogen (secondary N) is 1. The van der Waals surface area contributed by atoms with Gasteiger partial charge < -0.3 is 5.32 Å². The summed E-state index contributed by atoms with van der Waals surface area (Å²) in [5, 5.41) is 3.55. The SMILES string of the molecule is O=CNc1ccc(CCBr)cc1. The summed E-state index contributed by atoms with van der Waals surface area (Å²) in [5.41, 5.74) is 2.10. The molecule has 0 radical (unpaired) electrons. The number of carbonyl (C=O) groups excluding carboxylic acids is 1. The van der Waals surface area contributed by atoms with Crippen molar-refractivity contribution in [1.29, 1.82) is 0 Å². The smallest absolute Gasteiger partial charge is 0.211 e. The highest BCUT2D eigenvalue weighted by Gasteiger charge is 1.91. The normalized spacial score (nSPS) is 9.42. The van der Waals surface area contributed by atoms with Crippen molar-refractivity contribution in [2.24, 2.45) is 0 Å². The van der Waals surface area contributed by atoms with Gasteiger partial charge in [-0.3, -0.25) is 4.79 Å². The van der Waals surface area contributed by atoms with Crippen molar-refractivity contribution in [2.45, 2.75) is 6.42 Å². The zero-order valence-electron chi connectivity index (χ0n) is 6.59. The molecule has 1 aromatic rings. The van der Waals surface area contributed by atoms with Crippen LogP contribution < -0.4 is 5.32 Å². The Morgan fingerprint density at radius 2 is 2.00 bits per heavy atom. The predicted molar refractivity (Wildman–Crippen MR) is 53.6 cm³/mol. The highest BCUT2D eigenvalue weighted by Crippen LogP contribution is 2.09. The van der Waals surface area contributed by atoms with Gasteiger partial charge in [-0.25, -0.2) is 0 Å². The van der Waals surface area contributed by atoms with Gasteiger partial charge in [-0.1, -0.05) is 28.1 Å². The van der Waals surface area contributed by atoms with Gasteiger partial charge in [0.15, 0.2) is 0 Å². The van der Waals surface area contributed by atoms with Gasteiger partial charge in [-0.15, -0.1) is 0 Å². The summed E-state index contributed by atoms with van der Waals surface area (Å²) in [6, 6.07) is 7.80. The van der Waals surface area contributed by atoms with Crippen LogP contribution in [-0.2, 0) is 11.2 Å². The van der Waals surface area contributed by atoms with Crippen LogP contribution >= 0.6 is 15.9 Å². The Labute approximate surface area is 80.1 Å². The standard InChI is InChI=1S/C9H10BrNO/c10-6-5-8-1-3-9(4-2-8)11-7-12/h1-4,7H,5-6H2,(H,11,12). The van der Waals surface area contributed by atoms with Crippen molar-refractivity contribution in [1.82, 2.24) is 0 Å². The van der Waals surface area contributed by atoms with E-state index in [0.29, 0.717) is 6.41 Å². The second kappa shape index (κ2) is 4.93. The molecule has 2 nitrogen and oxygen atoms in total. The van der Waals surface area contributed by atoms with E-state index in [1.54, 1.807) is 0 Å². The minimum Gasteiger partial charge on any atom is -0.329 e. The van der Waals surface area contributed by atoms with E-state index in [1.165, 1.54) is 5.56 Å². The molecule has 1 N–H and O–H groups in total. The summed E-state index contributed by atoms with van der Waals surface area (Å²) >= 11 is 3.36. The van der Waals surface area contributed by atoms with Gasteiger partial charge in [0.25, 0.3) is 0 Å². The summed E-state index contributed by atoms with van der Waals surface area (Å²) < 4.78 is 0. The first-order valence-electron chi connectivity index (χ1n) is 3.72. The molecule has 0 atom stereocenters. The van der Waals surface area contributed by atoms with Crippen molar-refractivity contribution in [2.75, 3.05) is 10.6 Å². The number of carbonyl (C=O) groups is 1. The Kier molecular flexibility index (Phi) is 3.80. The third-order valence-electron chi connectivity index (χ3n) is 1.56. The lowest BCUT2D eigenvalue weighted by Crippen LogP contribution is -1.93. The van der Waals surface area contributed by atoms with E-state index < -0.39 is 0 Å². The van der Waals surface area contributed by atoms with E-state index in [-0.39, 0.29) is 0 Å². The largest absolute Gasteiger partial charge is 0.329 e. The van der Waals surface area contributed by atoms with Crippen LogP contribution in [0.4, 0.5) is 5.69 Å². The number of rotatable bonds is 4. The molecule has 1 rings (SSSR count). The maximum Gasteiger partial charge on any atom is 0.211 e. The molecular formula is C9H10BrNO. The highest BCUT2D eigenvalue weighted by atomic mass is 79.9. The van der Waals surface area contributed by atoms with Crippen LogP contribution in [0.25, 0.3) is 0 Å². The Hall–Kier alpha value is -0.830. The minimum atomic E-state index is 0.680. The molecule has 64 valence electrons. The number of hydrogen-bond acceptors (Lipinski definition) is 1. The van der Waals surface area contributed by atoms with Gasteiger partial charge in [0, 0.05) is 11.0 Å². The second-order valence-corrected chi connectivity index (χ2v) is 3.19. The fraction of sp³-hybridized carbons (Fsp3) is 0.222. The molecule has 0 aromatic heterocycles. The lowest BCUT2D eigenvalue weighted by Gasteiger charge is -2.00. The number of aryl methyl sites for hydroxylation is 1. The fourth-order valence-electron chi connectivity index (χ4n) is 0.945. The number of benzene rings is 1. The summed E-state index contributed by atoms with van der Waals surface area (Å²) in [4.78, 5) is 10.1. The van der Waals surface area contributed by atoms with Crippen LogP contribution in [-0.4, -0.2) is 11.7 Å². The summed E-state index contributed by atoms with van der Waals surface area (Å²) in [6.45, 7) is 0.